The first kappa shape index (κ1) is 22.1. The molecule has 0 radical (unpaired) electrons. The Morgan fingerprint density at radius 1 is 1.03 bits per heavy atom. The van der Waals surface area contributed by atoms with Gasteiger partial charge in [-0.15, -0.1) is 0 Å². The van der Waals surface area contributed by atoms with Crippen molar-refractivity contribution in [3.63, 3.8) is 0 Å². The van der Waals surface area contributed by atoms with Crippen molar-refractivity contribution in [2.45, 2.75) is 43.6 Å². The molecule has 1 amide bonds. The quantitative estimate of drug-likeness (QED) is 0.688. The molecule has 0 saturated carbocycles. The number of sulfonamides is 1. The molecule has 162 valence electrons. The normalized spacial score (nSPS) is 15.9. The Hall–Kier alpha value is -2.58. The summed E-state index contributed by atoms with van der Waals surface area (Å²) < 4.78 is 38.1. The molecule has 0 aromatic heterocycles. The third kappa shape index (κ3) is 5.12. The van der Waals surface area contributed by atoms with Gasteiger partial charge in [0.05, 0.1) is 12.0 Å². The van der Waals surface area contributed by atoms with Gasteiger partial charge in [-0.05, 0) is 55.7 Å². The summed E-state index contributed by atoms with van der Waals surface area (Å²) in [6, 6.07) is 13.4. The van der Waals surface area contributed by atoms with Gasteiger partial charge in [0.25, 0.3) is 5.91 Å². The van der Waals surface area contributed by atoms with Crippen molar-refractivity contribution in [1.82, 2.24) is 4.31 Å². The molecule has 1 saturated heterocycles. The molecule has 3 rings (SSSR count). The second kappa shape index (κ2) is 9.95. The Bertz CT molecular complexity index is 954. The second-order valence-electron chi connectivity index (χ2n) is 7.14. The maximum atomic E-state index is 12.7. The summed E-state index contributed by atoms with van der Waals surface area (Å²) in [6.07, 6.45) is 2.59. The van der Waals surface area contributed by atoms with Gasteiger partial charge in [0.15, 0.2) is 17.6 Å². The number of nitrogens with zero attached hydrogens (tertiary/aromatic N) is 1. The van der Waals surface area contributed by atoms with E-state index in [1.54, 1.807) is 31.4 Å². The number of amides is 1. The molecule has 1 aliphatic heterocycles. The van der Waals surface area contributed by atoms with Crippen LogP contribution in [0.2, 0.25) is 0 Å². The minimum absolute atomic E-state index is 0.236. The van der Waals surface area contributed by atoms with E-state index in [9.17, 15) is 13.2 Å². The van der Waals surface area contributed by atoms with Crippen molar-refractivity contribution in [2.75, 3.05) is 25.5 Å². The average Bonchev–Trinajstić information content (AvgIpc) is 2.78. The van der Waals surface area contributed by atoms with Crippen LogP contribution in [0.3, 0.4) is 0 Å². The smallest absolute Gasteiger partial charge is 0.265 e. The van der Waals surface area contributed by atoms with Crippen molar-refractivity contribution >= 4 is 21.6 Å². The third-order valence-corrected chi connectivity index (χ3v) is 6.99. The predicted molar refractivity (Wildman–Crippen MR) is 115 cm³/mol. The number of ether oxygens (including phenoxy) is 2. The van der Waals surface area contributed by atoms with E-state index < -0.39 is 16.1 Å². The number of hydrogen-bond donors (Lipinski definition) is 1. The van der Waals surface area contributed by atoms with E-state index in [2.05, 4.69) is 5.32 Å². The Morgan fingerprint density at radius 2 is 1.67 bits per heavy atom. The minimum atomic E-state index is -3.49. The van der Waals surface area contributed by atoms with E-state index in [0.717, 1.165) is 19.3 Å². The number of carbonyl (C=O) groups is 1. The molecule has 0 spiro atoms. The fourth-order valence-corrected chi connectivity index (χ4v) is 4.90. The van der Waals surface area contributed by atoms with Gasteiger partial charge in [0.2, 0.25) is 10.0 Å². The van der Waals surface area contributed by atoms with Crippen LogP contribution in [-0.4, -0.2) is 44.9 Å². The highest BCUT2D eigenvalue weighted by Gasteiger charge is 2.26. The average molecular weight is 433 g/mol. The van der Waals surface area contributed by atoms with E-state index >= 15 is 0 Å². The van der Waals surface area contributed by atoms with Crippen LogP contribution in [0.5, 0.6) is 11.5 Å². The number of benzene rings is 2. The van der Waals surface area contributed by atoms with E-state index in [1.165, 1.54) is 16.4 Å². The van der Waals surface area contributed by atoms with Crippen LogP contribution in [-0.2, 0) is 14.8 Å². The van der Waals surface area contributed by atoms with E-state index in [-0.39, 0.29) is 10.8 Å². The van der Waals surface area contributed by atoms with Crippen LogP contribution in [0.15, 0.2) is 53.4 Å². The topological polar surface area (TPSA) is 84.9 Å². The van der Waals surface area contributed by atoms with E-state index in [1.807, 2.05) is 19.1 Å². The molecule has 1 fully saturated rings. The van der Waals surface area contributed by atoms with Gasteiger partial charge >= 0.3 is 0 Å². The van der Waals surface area contributed by atoms with E-state index in [4.69, 9.17) is 9.47 Å². The van der Waals surface area contributed by atoms with Crippen molar-refractivity contribution in [1.29, 1.82) is 0 Å². The molecule has 1 N–H and O–H groups in total. The van der Waals surface area contributed by atoms with Gasteiger partial charge in [0, 0.05) is 18.8 Å². The number of rotatable bonds is 8. The third-order valence-electron chi connectivity index (χ3n) is 5.08. The van der Waals surface area contributed by atoms with Gasteiger partial charge in [-0.1, -0.05) is 25.5 Å². The lowest BCUT2D eigenvalue weighted by Crippen LogP contribution is -2.35. The van der Waals surface area contributed by atoms with E-state index in [0.29, 0.717) is 36.7 Å². The highest BCUT2D eigenvalue weighted by atomic mass is 32.2. The molecule has 8 heteroatoms. The summed E-state index contributed by atoms with van der Waals surface area (Å²) in [4.78, 5) is 12.9. The molecule has 1 heterocycles. The monoisotopic (exact) mass is 432 g/mol. The number of para-hydroxylation sites is 2. The van der Waals surface area contributed by atoms with Crippen LogP contribution >= 0.6 is 0 Å². The molecule has 30 heavy (non-hydrogen) atoms. The SMILES string of the molecule is CC[C@H](Oc1ccccc1OC)C(=O)Nc1ccc(S(=O)(=O)N2CCCCC2)cc1. The Balaban J connectivity index is 1.67. The minimum Gasteiger partial charge on any atom is -0.493 e. The van der Waals surface area contributed by atoms with Crippen LogP contribution in [0.25, 0.3) is 0 Å². The Morgan fingerprint density at radius 3 is 2.27 bits per heavy atom. The summed E-state index contributed by atoms with van der Waals surface area (Å²) in [5, 5.41) is 2.80. The van der Waals surface area contributed by atoms with Gasteiger partial charge < -0.3 is 14.8 Å². The maximum absolute atomic E-state index is 12.7. The summed E-state index contributed by atoms with van der Waals surface area (Å²) in [7, 11) is -1.95. The molecule has 0 unspecified atom stereocenters. The van der Waals surface area contributed by atoms with Crippen molar-refractivity contribution in [2.24, 2.45) is 0 Å². The number of piperidine rings is 1. The van der Waals surface area contributed by atoms with Gasteiger partial charge in [-0.3, -0.25) is 4.79 Å². The highest BCUT2D eigenvalue weighted by Crippen LogP contribution is 2.28. The van der Waals surface area contributed by atoms with Crippen LogP contribution in [0.1, 0.15) is 32.6 Å². The van der Waals surface area contributed by atoms with Crippen molar-refractivity contribution < 1.29 is 22.7 Å². The summed E-state index contributed by atoms with van der Waals surface area (Å²) >= 11 is 0. The zero-order valence-corrected chi connectivity index (χ0v) is 18.2. The molecular weight excluding hydrogens is 404 g/mol. The fourth-order valence-electron chi connectivity index (χ4n) is 3.38. The Labute approximate surface area is 178 Å². The molecular formula is C22H28N2O5S. The number of nitrogens with one attached hydrogen (secondary N) is 1. The Kier molecular flexibility index (Phi) is 7.33. The predicted octanol–water partition coefficient (Wildman–Crippen LogP) is 3.67. The summed E-state index contributed by atoms with van der Waals surface area (Å²) in [5.41, 5.74) is 0.514. The lowest BCUT2D eigenvalue weighted by atomic mass is 10.2. The molecule has 0 aliphatic carbocycles. The molecule has 0 bridgehead atoms. The maximum Gasteiger partial charge on any atom is 0.265 e. The fraction of sp³-hybridized carbons (Fsp3) is 0.409. The summed E-state index contributed by atoms with van der Waals surface area (Å²) in [6.45, 7) is 2.96. The molecule has 1 aliphatic rings. The second-order valence-corrected chi connectivity index (χ2v) is 9.08. The molecule has 2 aromatic rings. The highest BCUT2D eigenvalue weighted by molar-refractivity contribution is 7.89. The molecule has 2 aromatic carbocycles. The largest absolute Gasteiger partial charge is 0.493 e. The first-order chi connectivity index (χ1) is 14.5. The number of methoxy groups -OCH3 is 1. The lowest BCUT2D eigenvalue weighted by Gasteiger charge is -2.26. The van der Waals surface area contributed by atoms with Gasteiger partial charge in [-0.25, -0.2) is 8.42 Å². The standard InChI is InChI=1S/C22H28N2O5S/c1-3-19(29-21-10-6-5-9-20(21)28-2)22(25)23-17-11-13-18(14-12-17)30(26,27)24-15-7-4-8-16-24/h5-6,9-14,19H,3-4,7-8,15-16H2,1-2H3,(H,23,25)/t19-/m0/s1. The van der Waals surface area contributed by atoms with Crippen molar-refractivity contribution in [3.8, 4) is 11.5 Å². The lowest BCUT2D eigenvalue weighted by molar-refractivity contribution is -0.122. The summed E-state index contributed by atoms with van der Waals surface area (Å²) in [5.74, 6) is 0.732. The zero-order chi connectivity index (χ0) is 21.6. The number of hydrogen-bond acceptors (Lipinski definition) is 5. The van der Waals surface area contributed by atoms with Crippen LogP contribution < -0.4 is 14.8 Å². The molecule has 7 nitrogen and oxygen atoms in total. The van der Waals surface area contributed by atoms with Gasteiger partial charge in [-0.2, -0.15) is 4.31 Å². The zero-order valence-electron chi connectivity index (χ0n) is 17.3. The van der Waals surface area contributed by atoms with Crippen LogP contribution in [0.4, 0.5) is 5.69 Å². The van der Waals surface area contributed by atoms with Crippen LogP contribution in [0, 0.1) is 0 Å². The first-order valence-electron chi connectivity index (χ1n) is 10.2. The van der Waals surface area contributed by atoms with Crippen molar-refractivity contribution in [3.05, 3.63) is 48.5 Å². The van der Waals surface area contributed by atoms with Gasteiger partial charge in [0.1, 0.15) is 0 Å². The number of carbonyl (C=O) groups excluding carboxylic acids is 1. The first-order valence-corrected chi connectivity index (χ1v) is 11.6. The number of anilines is 1. The molecule has 1 atom stereocenters.